The fourth-order valence-corrected chi connectivity index (χ4v) is 5.40. The number of rotatable bonds is 5. The third kappa shape index (κ3) is 5.04. The van der Waals surface area contributed by atoms with Crippen molar-refractivity contribution in [3.63, 3.8) is 0 Å². The molecule has 0 atom stereocenters. The van der Waals surface area contributed by atoms with Crippen LogP contribution in [0.15, 0.2) is 77.7 Å². The van der Waals surface area contributed by atoms with Gasteiger partial charge in [-0.3, -0.25) is 10.1 Å². The van der Waals surface area contributed by atoms with E-state index in [-0.39, 0.29) is 15.9 Å². The Balaban J connectivity index is 1.36. The summed E-state index contributed by atoms with van der Waals surface area (Å²) in [7, 11) is -3.46. The Labute approximate surface area is 193 Å². The van der Waals surface area contributed by atoms with Crippen LogP contribution in [0.4, 0.5) is 5.69 Å². The fourth-order valence-electron chi connectivity index (χ4n) is 3.66. The number of benzene rings is 3. The third-order valence-electron chi connectivity index (χ3n) is 5.29. The smallest absolute Gasteiger partial charge is 0.250 e. The molecule has 0 aliphatic carbocycles. The molecule has 4 rings (SSSR count). The Morgan fingerprint density at radius 1 is 0.938 bits per heavy atom. The Kier molecular flexibility index (Phi) is 6.64. The second kappa shape index (κ2) is 9.60. The summed E-state index contributed by atoms with van der Waals surface area (Å²) in [5.74, 6) is -0.358. The van der Waals surface area contributed by atoms with Crippen LogP contribution < -0.4 is 10.6 Å². The van der Waals surface area contributed by atoms with E-state index in [0.29, 0.717) is 18.8 Å². The molecule has 0 unspecified atom stereocenters. The molecular formula is C24H23N3O3S2. The van der Waals surface area contributed by atoms with Gasteiger partial charge in [-0.1, -0.05) is 42.5 Å². The van der Waals surface area contributed by atoms with Crippen molar-refractivity contribution in [3.8, 4) is 0 Å². The van der Waals surface area contributed by atoms with Crippen LogP contribution in [-0.4, -0.2) is 36.8 Å². The van der Waals surface area contributed by atoms with Gasteiger partial charge in [0.1, 0.15) is 0 Å². The van der Waals surface area contributed by atoms with Crippen LogP contribution in [-0.2, 0) is 14.8 Å². The van der Waals surface area contributed by atoms with E-state index < -0.39 is 10.0 Å². The van der Waals surface area contributed by atoms with Gasteiger partial charge in [-0.05, 0) is 71.7 Å². The second-order valence-electron chi connectivity index (χ2n) is 7.48. The highest BCUT2D eigenvalue weighted by Gasteiger charge is 2.26. The first-order valence-corrected chi connectivity index (χ1v) is 12.2. The maximum atomic E-state index is 12.6. The van der Waals surface area contributed by atoms with Crippen LogP contribution in [0.5, 0.6) is 0 Å². The molecular weight excluding hydrogens is 442 g/mol. The monoisotopic (exact) mass is 465 g/mol. The molecule has 1 saturated heterocycles. The van der Waals surface area contributed by atoms with Crippen molar-refractivity contribution in [1.29, 1.82) is 0 Å². The average molecular weight is 466 g/mol. The van der Waals surface area contributed by atoms with Crippen LogP contribution in [0.1, 0.15) is 18.4 Å². The lowest BCUT2D eigenvalue weighted by Gasteiger charge is -2.16. The lowest BCUT2D eigenvalue weighted by atomic mass is 10.0. The number of anilines is 1. The topological polar surface area (TPSA) is 78.5 Å². The molecule has 0 bridgehead atoms. The van der Waals surface area contributed by atoms with Crippen LogP contribution in [0.25, 0.3) is 16.8 Å². The van der Waals surface area contributed by atoms with Gasteiger partial charge in [-0.15, -0.1) is 0 Å². The van der Waals surface area contributed by atoms with Crippen molar-refractivity contribution >= 4 is 55.8 Å². The lowest BCUT2D eigenvalue weighted by Crippen LogP contribution is -2.32. The number of carbonyl (C=O) groups excluding carboxylic acids is 1. The molecule has 6 nitrogen and oxygen atoms in total. The Morgan fingerprint density at radius 2 is 1.62 bits per heavy atom. The Hall–Kier alpha value is -3.07. The first-order chi connectivity index (χ1) is 15.4. The van der Waals surface area contributed by atoms with Crippen molar-refractivity contribution in [3.05, 3.63) is 78.4 Å². The summed E-state index contributed by atoms with van der Waals surface area (Å²) in [6.07, 6.45) is 4.96. The zero-order valence-electron chi connectivity index (χ0n) is 17.3. The first kappa shape index (κ1) is 22.1. The minimum absolute atomic E-state index is 0.132. The van der Waals surface area contributed by atoms with Gasteiger partial charge < -0.3 is 5.32 Å². The number of carbonyl (C=O) groups is 1. The van der Waals surface area contributed by atoms with Crippen molar-refractivity contribution < 1.29 is 13.2 Å². The molecule has 0 spiro atoms. The summed E-state index contributed by atoms with van der Waals surface area (Å²) in [4.78, 5) is 12.5. The quantitative estimate of drug-likeness (QED) is 0.437. The molecule has 0 radical (unpaired) electrons. The number of sulfonamides is 1. The van der Waals surface area contributed by atoms with E-state index in [4.69, 9.17) is 12.2 Å². The predicted molar refractivity (Wildman–Crippen MR) is 132 cm³/mol. The Morgan fingerprint density at radius 3 is 2.38 bits per heavy atom. The molecule has 1 aliphatic rings. The summed E-state index contributed by atoms with van der Waals surface area (Å²) >= 11 is 5.21. The molecule has 0 saturated carbocycles. The van der Waals surface area contributed by atoms with E-state index in [1.54, 1.807) is 30.3 Å². The van der Waals surface area contributed by atoms with Crippen molar-refractivity contribution in [2.75, 3.05) is 18.4 Å². The zero-order chi connectivity index (χ0) is 22.6. The normalized spacial score (nSPS) is 14.6. The second-order valence-corrected chi connectivity index (χ2v) is 9.83. The summed E-state index contributed by atoms with van der Waals surface area (Å²) in [6.45, 7) is 1.12. The molecule has 1 amide bonds. The molecule has 1 aliphatic heterocycles. The van der Waals surface area contributed by atoms with Crippen LogP contribution in [0, 0.1) is 0 Å². The van der Waals surface area contributed by atoms with Gasteiger partial charge in [0.05, 0.1) is 4.90 Å². The zero-order valence-corrected chi connectivity index (χ0v) is 19.0. The van der Waals surface area contributed by atoms with Gasteiger partial charge in [-0.25, -0.2) is 8.42 Å². The molecule has 3 aromatic rings. The SMILES string of the molecule is O=C(/C=C/c1cccc2ccccc12)NC(=S)Nc1ccc(S(=O)(=O)N2CCCC2)cc1. The van der Waals surface area contributed by atoms with Gasteiger partial charge in [0.25, 0.3) is 0 Å². The van der Waals surface area contributed by atoms with E-state index >= 15 is 0 Å². The van der Waals surface area contributed by atoms with Gasteiger partial charge in [0.2, 0.25) is 15.9 Å². The molecule has 164 valence electrons. The highest BCUT2D eigenvalue weighted by Crippen LogP contribution is 2.22. The predicted octanol–water partition coefficient (Wildman–Crippen LogP) is 4.15. The number of nitrogens with zero attached hydrogens (tertiary/aromatic N) is 1. The maximum Gasteiger partial charge on any atom is 0.250 e. The van der Waals surface area contributed by atoms with Crippen molar-refractivity contribution in [2.24, 2.45) is 0 Å². The molecule has 0 aromatic heterocycles. The highest BCUT2D eigenvalue weighted by atomic mass is 32.2. The van der Waals surface area contributed by atoms with E-state index in [1.807, 2.05) is 42.5 Å². The van der Waals surface area contributed by atoms with Crippen LogP contribution in [0.3, 0.4) is 0 Å². The largest absolute Gasteiger partial charge is 0.332 e. The van der Waals surface area contributed by atoms with Crippen molar-refractivity contribution in [1.82, 2.24) is 9.62 Å². The Bertz CT molecular complexity index is 1270. The minimum atomic E-state index is -3.46. The van der Waals surface area contributed by atoms with Gasteiger partial charge >= 0.3 is 0 Å². The van der Waals surface area contributed by atoms with E-state index in [2.05, 4.69) is 10.6 Å². The molecule has 1 heterocycles. The molecule has 2 N–H and O–H groups in total. The van der Waals surface area contributed by atoms with E-state index in [1.165, 1.54) is 10.4 Å². The van der Waals surface area contributed by atoms with Crippen molar-refractivity contribution in [2.45, 2.75) is 17.7 Å². The molecule has 3 aromatic carbocycles. The highest BCUT2D eigenvalue weighted by molar-refractivity contribution is 7.89. The van der Waals surface area contributed by atoms with Crippen LogP contribution in [0.2, 0.25) is 0 Å². The van der Waals surface area contributed by atoms with Gasteiger partial charge in [0, 0.05) is 24.9 Å². The standard InChI is InChI=1S/C24H23N3O3S2/c28-23(15-10-19-8-5-7-18-6-1-2-9-22(18)19)26-24(31)25-20-11-13-21(14-12-20)32(29,30)27-16-3-4-17-27/h1-2,5-15H,3-4,16-17H2,(H2,25,26,28,31)/b15-10+. The maximum absolute atomic E-state index is 12.6. The summed E-state index contributed by atoms with van der Waals surface area (Å²) < 4.78 is 26.7. The number of nitrogens with one attached hydrogen (secondary N) is 2. The summed E-state index contributed by atoms with van der Waals surface area (Å²) in [5.41, 5.74) is 1.53. The molecule has 32 heavy (non-hydrogen) atoms. The molecule has 8 heteroatoms. The minimum Gasteiger partial charge on any atom is -0.332 e. The number of thiocarbonyl (C=S) groups is 1. The third-order valence-corrected chi connectivity index (χ3v) is 7.41. The molecule has 1 fully saturated rings. The van der Waals surface area contributed by atoms with E-state index in [0.717, 1.165) is 29.2 Å². The average Bonchev–Trinajstić information content (AvgIpc) is 3.34. The van der Waals surface area contributed by atoms with Gasteiger partial charge in [-0.2, -0.15) is 4.31 Å². The van der Waals surface area contributed by atoms with E-state index in [9.17, 15) is 13.2 Å². The fraction of sp³-hybridized carbons (Fsp3) is 0.167. The van der Waals surface area contributed by atoms with Crippen LogP contribution >= 0.6 is 12.2 Å². The number of fused-ring (bicyclic) bond motifs is 1. The number of amides is 1. The number of hydrogen-bond donors (Lipinski definition) is 2. The number of hydrogen-bond acceptors (Lipinski definition) is 4. The summed E-state index contributed by atoms with van der Waals surface area (Å²) in [6, 6.07) is 20.2. The lowest BCUT2D eigenvalue weighted by molar-refractivity contribution is -0.115. The van der Waals surface area contributed by atoms with Gasteiger partial charge in [0.15, 0.2) is 5.11 Å². The first-order valence-electron chi connectivity index (χ1n) is 10.3. The summed E-state index contributed by atoms with van der Waals surface area (Å²) in [5, 5.41) is 7.80.